The molecule has 1 heterocycles. The zero-order valence-corrected chi connectivity index (χ0v) is 13.3. The molecule has 5 heteroatoms. The smallest absolute Gasteiger partial charge is 0.308 e. The van der Waals surface area contributed by atoms with Crippen LogP contribution in [0.25, 0.3) is 0 Å². The number of carbonyl (C=O) groups excluding carboxylic acids is 1. The Kier molecular flexibility index (Phi) is 5.41. The van der Waals surface area contributed by atoms with Crippen LogP contribution in [-0.4, -0.2) is 49.1 Å². The number of piperidine rings is 1. The number of hydrogen-bond donors (Lipinski definition) is 1. The summed E-state index contributed by atoms with van der Waals surface area (Å²) in [4.78, 5) is 27.1. The third-order valence-electron chi connectivity index (χ3n) is 4.18. The minimum atomic E-state index is -0.795. The van der Waals surface area contributed by atoms with E-state index >= 15 is 0 Å². The predicted molar refractivity (Wildman–Crippen MR) is 86.0 cm³/mol. The Balaban J connectivity index is 1.89. The number of aryl methyl sites for hydroxylation is 1. The van der Waals surface area contributed by atoms with Crippen molar-refractivity contribution in [2.75, 3.05) is 32.1 Å². The first-order valence-electron chi connectivity index (χ1n) is 7.74. The van der Waals surface area contributed by atoms with Gasteiger partial charge < -0.3 is 14.9 Å². The molecule has 0 saturated carbocycles. The van der Waals surface area contributed by atoms with Crippen molar-refractivity contribution in [1.82, 2.24) is 4.90 Å². The summed E-state index contributed by atoms with van der Waals surface area (Å²) < 4.78 is 0. The van der Waals surface area contributed by atoms with Crippen LogP contribution in [0.2, 0.25) is 0 Å². The van der Waals surface area contributed by atoms with Gasteiger partial charge in [-0.3, -0.25) is 9.59 Å². The summed E-state index contributed by atoms with van der Waals surface area (Å²) in [5, 5.41) is 9.09. The van der Waals surface area contributed by atoms with Crippen LogP contribution in [0.1, 0.15) is 24.8 Å². The first-order chi connectivity index (χ1) is 10.5. The number of carboxylic acids is 1. The standard InChI is InChI=1S/C17H24N2O3/c1-18(2)15-7-3-5-13(11-15)8-9-16(20)19-10-4-6-14(12-19)17(21)22/h3,5,7,11,14H,4,6,8-10,12H2,1-2H3,(H,21,22). The molecule has 1 aliphatic rings. The topological polar surface area (TPSA) is 60.9 Å². The number of benzene rings is 1. The number of carboxylic acid groups (broad SMARTS) is 1. The second-order valence-electron chi connectivity index (χ2n) is 6.08. The van der Waals surface area contributed by atoms with E-state index in [1.165, 1.54) is 0 Å². The maximum Gasteiger partial charge on any atom is 0.308 e. The Bertz CT molecular complexity index is 542. The van der Waals surface area contributed by atoms with Crippen LogP contribution in [0.4, 0.5) is 5.69 Å². The van der Waals surface area contributed by atoms with Crippen LogP contribution < -0.4 is 4.90 Å². The lowest BCUT2D eigenvalue weighted by Gasteiger charge is -2.30. The highest BCUT2D eigenvalue weighted by Crippen LogP contribution is 2.19. The minimum Gasteiger partial charge on any atom is -0.481 e. The molecule has 0 aliphatic carbocycles. The van der Waals surface area contributed by atoms with Crippen LogP contribution >= 0.6 is 0 Å². The van der Waals surface area contributed by atoms with Gasteiger partial charge in [0, 0.05) is 39.3 Å². The summed E-state index contributed by atoms with van der Waals surface area (Å²) in [5.74, 6) is -1.15. The number of rotatable bonds is 5. The van der Waals surface area contributed by atoms with E-state index in [1.807, 2.05) is 37.2 Å². The van der Waals surface area contributed by atoms with Crippen LogP contribution in [-0.2, 0) is 16.0 Å². The first kappa shape index (κ1) is 16.3. The normalized spacial score (nSPS) is 18.1. The van der Waals surface area contributed by atoms with Gasteiger partial charge in [-0.25, -0.2) is 0 Å². The largest absolute Gasteiger partial charge is 0.481 e. The molecule has 1 fully saturated rings. The van der Waals surface area contributed by atoms with Gasteiger partial charge in [-0.15, -0.1) is 0 Å². The Labute approximate surface area is 131 Å². The third kappa shape index (κ3) is 4.23. The Hall–Kier alpha value is -2.04. The van der Waals surface area contributed by atoms with Crippen molar-refractivity contribution in [3.05, 3.63) is 29.8 Å². The maximum absolute atomic E-state index is 12.3. The van der Waals surface area contributed by atoms with Gasteiger partial charge in [0.05, 0.1) is 5.92 Å². The summed E-state index contributed by atoms with van der Waals surface area (Å²) in [5.41, 5.74) is 2.25. The van der Waals surface area contributed by atoms with E-state index in [1.54, 1.807) is 4.90 Å². The minimum absolute atomic E-state index is 0.0567. The molecule has 1 unspecified atom stereocenters. The van der Waals surface area contributed by atoms with E-state index in [0.717, 1.165) is 17.7 Å². The van der Waals surface area contributed by atoms with E-state index in [2.05, 4.69) is 6.07 Å². The Morgan fingerprint density at radius 1 is 1.36 bits per heavy atom. The number of anilines is 1. The molecule has 0 bridgehead atoms. The van der Waals surface area contributed by atoms with Crippen LogP contribution in [0, 0.1) is 5.92 Å². The molecule has 1 aromatic carbocycles. The zero-order valence-electron chi connectivity index (χ0n) is 13.3. The van der Waals surface area contributed by atoms with Crippen molar-refractivity contribution in [3.63, 3.8) is 0 Å². The molecule has 0 spiro atoms. The van der Waals surface area contributed by atoms with Gasteiger partial charge in [0.25, 0.3) is 0 Å². The molecule has 1 aliphatic heterocycles. The number of carbonyl (C=O) groups is 2. The fourth-order valence-electron chi connectivity index (χ4n) is 2.80. The highest BCUT2D eigenvalue weighted by atomic mass is 16.4. The van der Waals surface area contributed by atoms with Crippen LogP contribution in [0.15, 0.2) is 24.3 Å². The summed E-state index contributed by atoms with van der Waals surface area (Å²) >= 11 is 0. The van der Waals surface area contributed by atoms with Gasteiger partial charge in [-0.2, -0.15) is 0 Å². The molecular weight excluding hydrogens is 280 g/mol. The van der Waals surface area contributed by atoms with Gasteiger partial charge in [-0.05, 0) is 37.0 Å². The summed E-state index contributed by atoms with van der Waals surface area (Å²) in [6.07, 6.45) is 2.57. The van der Waals surface area contributed by atoms with Crippen LogP contribution in [0.5, 0.6) is 0 Å². The fraction of sp³-hybridized carbons (Fsp3) is 0.529. The molecule has 0 radical (unpaired) electrons. The quantitative estimate of drug-likeness (QED) is 0.904. The number of hydrogen-bond acceptors (Lipinski definition) is 3. The Morgan fingerprint density at radius 3 is 2.82 bits per heavy atom. The monoisotopic (exact) mass is 304 g/mol. The molecular formula is C17H24N2O3. The molecule has 1 atom stereocenters. The average Bonchev–Trinajstić information content (AvgIpc) is 2.53. The van der Waals surface area contributed by atoms with Crippen molar-refractivity contribution < 1.29 is 14.7 Å². The van der Waals surface area contributed by atoms with Gasteiger partial charge in [-0.1, -0.05) is 12.1 Å². The fourth-order valence-corrected chi connectivity index (χ4v) is 2.80. The second-order valence-corrected chi connectivity index (χ2v) is 6.08. The van der Waals surface area contributed by atoms with Crippen molar-refractivity contribution in [2.45, 2.75) is 25.7 Å². The van der Waals surface area contributed by atoms with Gasteiger partial charge in [0.2, 0.25) is 5.91 Å². The summed E-state index contributed by atoms with van der Waals surface area (Å²) in [6.45, 7) is 1.03. The predicted octanol–water partition coefficient (Wildman–Crippen LogP) is 2.01. The lowest BCUT2D eigenvalue weighted by Crippen LogP contribution is -2.42. The number of nitrogens with zero attached hydrogens (tertiary/aromatic N) is 2. The molecule has 1 N–H and O–H groups in total. The van der Waals surface area contributed by atoms with E-state index in [0.29, 0.717) is 32.4 Å². The molecule has 0 aromatic heterocycles. The van der Waals surface area contributed by atoms with E-state index in [9.17, 15) is 9.59 Å². The summed E-state index contributed by atoms with van der Waals surface area (Å²) in [7, 11) is 3.98. The zero-order chi connectivity index (χ0) is 16.1. The van der Waals surface area contributed by atoms with Crippen molar-refractivity contribution in [2.24, 2.45) is 5.92 Å². The lowest BCUT2D eigenvalue weighted by molar-refractivity contribution is -0.145. The van der Waals surface area contributed by atoms with Crippen molar-refractivity contribution in [1.29, 1.82) is 0 Å². The van der Waals surface area contributed by atoms with Crippen LogP contribution in [0.3, 0.4) is 0 Å². The first-order valence-corrected chi connectivity index (χ1v) is 7.74. The highest BCUT2D eigenvalue weighted by molar-refractivity contribution is 5.78. The average molecular weight is 304 g/mol. The summed E-state index contributed by atoms with van der Waals surface area (Å²) in [6, 6.07) is 8.14. The van der Waals surface area contributed by atoms with Gasteiger partial charge in [0.1, 0.15) is 0 Å². The Morgan fingerprint density at radius 2 is 2.14 bits per heavy atom. The molecule has 22 heavy (non-hydrogen) atoms. The molecule has 2 rings (SSSR count). The third-order valence-corrected chi connectivity index (χ3v) is 4.18. The van der Waals surface area contributed by atoms with E-state index < -0.39 is 11.9 Å². The highest BCUT2D eigenvalue weighted by Gasteiger charge is 2.27. The van der Waals surface area contributed by atoms with Crippen molar-refractivity contribution >= 4 is 17.6 Å². The van der Waals surface area contributed by atoms with Crippen molar-refractivity contribution in [3.8, 4) is 0 Å². The van der Waals surface area contributed by atoms with Gasteiger partial charge >= 0.3 is 5.97 Å². The number of aliphatic carboxylic acids is 1. The van der Waals surface area contributed by atoms with E-state index in [-0.39, 0.29) is 5.91 Å². The molecule has 1 aromatic rings. The van der Waals surface area contributed by atoms with Gasteiger partial charge in [0.15, 0.2) is 0 Å². The lowest BCUT2D eigenvalue weighted by atomic mass is 9.97. The molecule has 5 nitrogen and oxygen atoms in total. The molecule has 1 amide bonds. The second kappa shape index (κ2) is 7.29. The molecule has 1 saturated heterocycles. The maximum atomic E-state index is 12.3. The SMILES string of the molecule is CN(C)c1cccc(CCC(=O)N2CCCC(C(=O)O)C2)c1. The number of amides is 1. The van der Waals surface area contributed by atoms with E-state index in [4.69, 9.17) is 5.11 Å². The molecule has 120 valence electrons. The number of likely N-dealkylation sites (tertiary alicyclic amines) is 1.